The number of hydrogen-bond acceptors (Lipinski definition) is 4. The number of benzene rings is 1. The van der Waals surface area contributed by atoms with Crippen molar-refractivity contribution in [3.05, 3.63) is 35.9 Å². The van der Waals surface area contributed by atoms with E-state index in [1.54, 1.807) is 6.92 Å². The Kier molecular flexibility index (Phi) is 6.71. The second kappa shape index (κ2) is 8.28. The van der Waals surface area contributed by atoms with Gasteiger partial charge in [-0.05, 0) is 19.0 Å². The molecule has 7 heteroatoms. The van der Waals surface area contributed by atoms with Gasteiger partial charge in [-0.3, -0.25) is 19.3 Å². The number of carboxylic acids is 1. The van der Waals surface area contributed by atoms with Gasteiger partial charge in [0.2, 0.25) is 5.91 Å². The lowest BCUT2D eigenvalue weighted by Gasteiger charge is -2.38. The predicted octanol–water partition coefficient (Wildman–Crippen LogP) is 0.562. The summed E-state index contributed by atoms with van der Waals surface area (Å²) in [5, 5.41) is 14.3. The Labute approximate surface area is 135 Å². The maximum absolute atomic E-state index is 12.6. The molecule has 1 aromatic rings. The van der Waals surface area contributed by atoms with Gasteiger partial charge in [0.1, 0.15) is 0 Å². The molecule has 23 heavy (non-hydrogen) atoms. The number of nitrogens with one attached hydrogen (secondary N) is 2. The first-order valence-electron chi connectivity index (χ1n) is 7.37. The van der Waals surface area contributed by atoms with Crippen LogP contribution in [0.1, 0.15) is 26.3 Å². The Bertz CT molecular complexity index is 562. The van der Waals surface area contributed by atoms with E-state index in [1.165, 1.54) is 18.7 Å². The lowest BCUT2D eigenvalue weighted by molar-refractivity contribution is -0.147. The van der Waals surface area contributed by atoms with E-state index in [0.717, 1.165) is 5.56 Å². The van der Waals surface area contributed by atoms with Crippen LogP contribution in [0.5, 0.6) is 0 Å². The first-order chi connectivity index (χ1) is 10.8. The smallest absolute Gasteiger partial charge is 0.317 e. The van der Waals surface area contributed by atoms with Crippen molar-refractivity contribution < 1.29 is 19.5 Å². The van der Waals surface area contributed by atoms with Gasteiger partial charge in [0, 0.05) is 13.5 Å². The quantitative estimate of drug-likeness (QED) is 0.608. The van der Waals surface area contributed by atoms with Gasteiger partial charge in [0.15, 0.2) is 5.66 Å². The zero-order valence-electron chi connectivity index (χ0n) is 13.6. The second-order valence-corrected chi connectivity index (χ2v) is 5.33. The van der Waals surface area contributed by atoms with Gasteiger partial charge in [0.25, 0.3) is 5.91 Å². The largest absolute Gasteiger partial charge is 0.480 e. The molecule has 7 nitrogen and oxygen atoms in total. The fraction of sp³-hybridized carbons (Fsp3) is 0.438. The summed E-state index contributed by atoms with van der Waals surface area (Å²) in [7, 11) is 0. The minimum atomic E-state index is -1.44. The summed E-state index contributed by atoms with van der Waals surface area (Å²) in [5.74, 6) is -1.94. The first-order valence-corrected chi connectivity index (χ1v) is 7.37. The third-order valence-corrected chi connectivity index (χ3v) is 3.50. The van der Waals surface area contributed by atoms with Crippen LogP contribution >= 0.6 is 0 Å². The van der Waals surface area contributed by atoms with E-state index in [2.05, 4.69) is 10.6 Å². The molecule has 0 aliphatic rings. The molecule has 0 aliphatic heterocycles. The molecule has 1 rings (SSSR count). The molecule has 1 aromatic carbocycles. The van der Waals surface area contributed by atoms with Crippen LogP contribution in [0, 0.1) is 0 Å². The molecule has 0 aliphatic carbocycles. The minimum absolute atomic E-state index is 0.291. The van der Waals surface area contributed by atoms with Crippen LogP contribution in [-0.2, 0) is 20.9 Å². The number of amides is 2. The van der Waals surface area contributed by atoms with Gasteiger partial charge in [0.05, 0.1) is 6.54 Å². The highest BCUT2D eigenvalue weighted by atomic mass is 16.4. The lowest BCUT2D eigenvalue weighted by Crippen LogP contribution is -2.67. The first kappa shape index (κ1) is 18.6. The Hall–Kier alpha value is -2.41. The molecule has 126 valence electrons. The third-order valence-electron chi connectivity index (χ3n) is 3.50. The summed E-state index contributed by atoms with van der Waals surface area (Å²) in [4.78, 5) is 36.5. The predicted molar refractivity (Wildman–Crippen MR) is 85.4 cm³/mol. The molecule has 0 fully saturated rings. The zero-order valence-corrected chi connectivity index (χ0v) is 13.6. The normalized spacial score (nSPS) is 13.2. The van der Waals surface area contributed by atoms with Crippen molar-refractivity contribution in [1.29, 1.82) is 0 Å². The van der Waals surface area contributed by atoms with Crippen LogP contribution in [0.25, 0.3) is 0 Å². The van der Waals surface area contributed by atoms with Crippen molar-refractivity contribution in [2.45, 2.75) is 33.0 Å². The van der Waals surface area contributed by atoms with E-state index in [-0.39, 0.29) is 6.54 Å². The Morgan fingerprint density at radius 3 is 2.30 bits per heavy atom. The maximum atomic E-state index is 12.6. The van der Waals surface area contributed by atoms with Crippen LogP contribution in [-0.4, -0.2) is 46.5 Å². The highest BCUT2D eigenvalue weighted by Gasteiger charge is 2.40. The number of nitrogens with zero attached hydrogens (tertiary/aromatic N) is 1. The SMILES string of the molecule is CCN(CC(=O)O)C(C)(NC(C)=O)C(=O)NCc1ccccc1. The average molecular weight is 321 g/mol. The number of aliphatic carboxylic acids is 1. The molecule has 0 spiro atoms. The van der Waals surface area contributed by atoms with Gasteiger partial charge in [-0.1, -0.05) is 37.3 Å². The van der Waals surface area contributed by atoms with Crippen LogP contribution in [0.2, 0.25) is 0 Å². The Morgan fingerprint density at radius 1 is 1.22 bits per heavy atom. The number of carboxylic acid groups (broad SMARTS) is 1. The topological polar surface area (TPSA) is 98.7 Å². The number of carbonyl (C=O) groups is 3. The molecule has 2 amide bonds. The monoisotopic (exact) mass is 321 g/mol. The van der Waals surface area contributed by atoms with E-state index < -0.39 is 23.4 Å². The van der Waals surface area contributed by atoms with Gasteiger partial charge in [-0.15, -0.1) is 0 Å². The van der Waals surface area contributed by atoms with E-state index in [0.29, 0.717) is 13.1 Å². The Morgan fingerprint density at radius 2 is 1.83 bits per heavy atom. The molecule has 0 heterocycles. The van der Waals surface area contributed by atoms with Gasteiger partial charge >= 0.3 is 5.97 Å². The molecular weight excluding hydrogens is 298 g/mol. The molecule has 1 atom stereocenters. The summed E-state index contributed by atoms with van der Waals surface area (Å²) in [6.07, 6.45) is 0. The summed E-state index contributed by atoms with van der Waals surface area (Å²) < 4.78 is 0. The molecule has 0 bridgehead atoms. The van der Waals surface area contributed by atoms with Crippen molar-refractivity contribution in [3.8, 4) is 0 Å². The third kappa shape index (κ3) is 5.37. The van der Waals surface area contributed by atoms with Gasteiger partial charge in [-0.2, -0.15) is 0 Å². The second-order valence-electron chi connectivity index (χ2n) is 5.33. The van der Waals surface area contributed by atoms with E-state index >= 15 is 0 Å². The number of rotatable bonds is 8. The van der Waals surface area contributed by atoms with Crippen molar-refractivity contribution in [2.24, 2.45) is 0 Å². The summed E-state index contributed by atoms with van der Waals surface area (Å²) in [6.45, 7) is 4.75. The summed E-state index contributed by atoms with van der Waals surface area (Å²) in [6, 6.07) is 9.32. The van der Waals surface area contributed by atoms with Crippen molar-refractivity contribution in [2.75, 3.05) is 13.1 Å². The Balaban J connectivity index is 2.91. The van der Waals surface area contributed by atoms with Crippen molar-refractivity contribution >= 4 is 17.8 Å². The van der Waals surface area contributed by atoms with Gasteiger partial charge < -0.3 is 15.7 Å². The lowest BCUT2D eigenvalue weighted by atomic mass is 10.1. The van der Waals surface area contributed by atoms with Gasteiger partial charge in [-0.25, -0.2) is 0 Å². The van der Waals surface area contributed by atoms with Crippen molar-refractivity contribution in [1.82, 2.24) is 15.5 Å². The van der Waals surface area contributed by atoms with E-state index in [1.807, 2.05) is 30.3 Å². The van der Waals surface area contributed by atoms with Crippen molar-refractivity contribution in [3.63, 3.8) is 0 Å². The van der Waals surface area contributed by atoms with Crippen LogP contribution < -0.4 is 10.6 Å². The fourth-order valence-electron chi connectivity index (χ4n) is 2.32. The van der Waals surface area contributed by atoms with Crippen LogP contribution in [0.15, 0.2) is 30.3 Å². The number of hydrogen-bond donors (Lipinski definition) is 3. The molecule has 0 aromatic heterocycles. The molecule has 0 saturated carbocycles. The molecule has 3 N–H and O–H groups in total. The standard InChI is InChI=1S/C16H23N3O4/c1-4-19(11-14(21)22)16(3,18-12(2)20)15(23)17-10-13-8-6-5-7-9-13/h5-9H,4,10-11H2,1-3H3,(H,17,23)(H,18,20)(H,21,22). The van der Waals surface area contributed by atoms with E-state index in [9.17, 15) is 14.4 Å². The fourth-order valence-corrected chi connectivity index (χ4v) is 2.32. The minimum Gasteiger partial charge on any atom is -0.480 e. The van der Waals surface area contributed by atoms with Crippen LogP contribution in [0.4, 0.5) is 0 Å². The highest BCUT2D eigenvalue weighted by molar-refractivity contribution is 5.90. The summed E-state index contributed by atoms with van der Waals surface area (Å²) in [5.41, 5.74) is -0.527. The maximum Gasteiger partial charge on any atom is 0.317 e. The van der Waals surface area contributed by atoms with E-state index in [4.69, 9.17) is 5.11 Å². The molecule has 0 saturated heterocycles. The average Bonchev–Trinajstić information content (AvgIpc) is 2.50. The molecule has 0 radical (unpaired) electrons. The summed E-state index contributed by atoms with van der Waals surface area (Å²) >= 11 is 0. The number of carbonyl (C=O) groups excluding carboxylic acids is 2. The number of likely N-dealkylation sites (N-methyl/N-ethyl adjacent to an activating group) is 1. The molecule has 1 unspecified atom stereocenters. The zero-order chi connectivity index (χ0) is 17.5. The van der Waals surface area contributed by atoms with Crippen LogP contribution in [0.3, 0.4) is 0 Å². The highest BCUT2D eigenvalue weighted by Crippen LogP contribution is 2.13. The molecular formula is C16H23N3O4.